The SMILES string of the molecule is NCCC(=O)N1CC[C@H]1CC(=O)Nc1nc2ccc(OC(F)(F)F)cc2s1. The first-order chi connectivity index (χ1) is 12.7. The number of ether oxygens (including phenoxy) is 1. The molecule has 0 spiro atoms. The van der Waals surface area contributed by atoms with Gasteiger partial charge in [-0.25, -0.2) is 4.98 Å². The largest absolute Gasteiger partial charge is 0.573 e. The maximum absolute atomic E-state index is 12.3. The van der Waals surface area contributed by atoms with Gasteiger partial charge in [-0.2, -0.15) is 0 Å². The molecule has 146 valence electrons. The number of carbonyl (C=O) groups excluding carboxylic acids is 2. The summed E-state index contributed by atoms with van der Waals surface area (Å²) < 4.78 is 41.2. The summed E-state index contributed by atoms with van der Waals surface area (Å²) in [7, 11) is 0. The number of amides is 2. The minimum atomic E-state index is -4.77. The monoisotopic (exact) mass is 402 g/mol. The highest BCUT2D eigenvalue weighted by molar-refractivity contribution is 7.22. The number of nitrogens with one attached hydrogen (secondary N) is 1. The molecule has 1 atom stereocenters. The van der Waals surface area contributed by atoms with Gasteiger partial charge in [0.15, 0.2) is 5.13 Å². The topological polar surface area (TPSA) is 97.6 Å². The molecule has 11 heteroatoms. The number of nitrogens with zero attached hydrogens (tertiary/aromatic N) is 2. The number of aromatic nitrogens is 1. The number of hydrogen-bond donors (Lipinski definition) is 2. The Morgan fingerprint density at radius 2 is 2.19 bits per heavy atom. The summed E-state index contributed by atoms with van der Waals surface area (Å²) in [5.41, 5.74) is 5.82. The fourth-order valence-electron chi connectivity index (χ4n) is 2.79. The number of rotatable bonds is 6. The van der Waals surface area contributed by atoms with Crippen LogP contribution in [0.25, 0.3) is 10.2 Å². The van der Waals surface area contributed by atoms with E-state index in [9.17, 15) is 22.8 Å². The molecule has 1 aliphatic heterocycles. The van der Waals surface area contributed by atoms with Gasteiger partial charge in [0.25, 0.3) is 0 Å². The molecule has 0 bridgehead atoms. The van der Waals surface area contributed by atoms with E-state index in [-0.39, 0.29) is 48.1 Å². The van der Waals surface area contributed by atoms with Crippen LogP contribution in [-0.4, -0.2) is 47.2 Å². The van der Waals surface area contributed by atoms with E-state index in [1.807, 2.05) is 0 Å². The Hall–Kier alpha value is -2.40. The molecule has 1 aromatic heterocycles. The molecule has 2 amide bonds. The molecule has 2 heterocycles. The molecule has 0 aliphatic carbocycles. The number of benzene rings is 1. The van der Waals surface area contributed by atoms with Gasteiger partial charge in [0.2, 0.25) is 11.8 Å². The zero-order valence-electron chi connectivity index (χ0n) is 14.1. The Labute approximate surface area is 156 Å². The van der Waals surface area contributed by atoms with Crippen LogP contribution in [0.4, 0.5) is 18.3 Å². The molecule has 0 saturated carbocycles. The van der Waals surface area contributed by atoms with Crippen molar-refractivity contribution in [1.82, 2.24) is 9.88 Å². The molecule has 1 fully saturated rings. The fraction of sp³-hybridized carbons (Fsp3) is 0.438. The fourth-order valence-corrected chi connectivity index (χ4v) is 3.70. The number of alkyl halides is 3. The highest BCUT2D eigenvalue weighted by atomic mass is 32.1. The zero-order chi connectivity index (χ0) is 19.6. The van der Waals surface area contributed by atoms with Crippen LogP contribution in [0.3, 0.4) is 0 Å². The lowest BCUT2D eigenvalue weighted by atomic mass is 9.98. The molecule has 3 N–H and O–H groups in total. The summed E-state index contributed by atoms with van der Waals surface area (Å²) in [6.07, 6.45) is -3.65. The summed E-state index contributed by atoms with van der Waals surface area (Å²) >= 11 is 1.05. The van der Waals surface area contributed by atoms with Crippen LogP contribution in [0.15, 0.2) is 18.2 Å². The number of halogens is 3. The van der Waals surface area contributed by atoms with Gasteiger partial charge in [-0.05, 0) is 18.6 Å². The van der Waals surface area contributed by atoms with Gasteiger partial charge in [0.1, 0.15) is 5.75 Å². The van der Waals surface area contributed by atoms with Crippen LogP contribution in [0, 0.1) is 0 Å². The standard InChI is InChI=1S/C16H17F3N4O3S/c17-16(18,19)26-10-1-2-11-12(8-10)27-15(21-11)22-13(24)7-9-4-6-23(9)14(25)3-5-20/h1-2,8-9H,3-7,20H2,(H,21,22,24)/t9-/m0/s1. The van der Waals surface area contributed by atoms with Gasteiger partial charge in [0, 0.05) is 38.0 Å². The second-order valence-electron chi connectivity index (χ2n) is 6.02. The molecule has 0 unspecified atom stereocenters. The summed E-state index contributed by atoms with van der Waals surface area (Å²) in [4.78, 5) is 29.8. The first-order valence-corrected chi connectivity index (χ1v) is 9.02. The van der Waals surface area contributed by atoms with Gasteiger partial charge < -0.3 is 20.7 Å². The van der Waals surface area contributed by atoms with Crippen LogP contribution >= 0.6 is 11.3 Å². The van der Waals surface area contributed by atoms with E-state index in [4.69, 9.17) is 5.73 Å². The van der Waals surface area contributed by atoms with Crippen molar-refractivity contribution in [3.05, 3.63) is 18.2 Å². The van der Waals surface area contributed by atoms with E-state index in [1.165, 1.54) is 12.1 Å². The van der Waals surface area contributed by atoms with Gasteiger partial charge in [-0.1, -0.05) is 11.3 Å². The van der Waals surface area contributed by atoms with E-state index in [2.05, 4.69) is 15.0 Å². The average molecular weight is 402 g/mol. The van der Waals surface area contributed by atoms with Crippen molar-refractivity contribution < 1.29 is 27.5 Å². The minimum absolute atomic E-state index is 0.0706. The van der Waals surface area contributed by atoms with E-state index in [0.29, 0.717) is 16.8 Å². The normalized spacial score (nSPS) is 16.9. The summed E-state index contributed by atoms with van der Waals surface area (Å²) in [6, 6.07) is 3.61. The van der Waals surface area contributed by atoms with Crippen LogP contribution in [0.1, 0.15) is 19.3 Å². The Bertz CT molecular complexity index is 855. The Balaban J connectivity index is 1.61. The third kappa shape index (κ3) is 4.86. The molecule has 27 heavy (non-hydrogen) atoms. The molecule has 1 saturated heterocycles. The molecule has 1 aromatic carbocycles. The lowest BCUT2D eigenvalue weighted by Crippen LogP contribution is -2.52. The third-order valence-electron chi connectivity index (χ3n) is 4.08. The van der Waals surface area contributed by atoms with E-state index < -0.39 is 6.36 Å². The summed E-state index contributed by atoms with van der Waals surface area (Å²) in [6.45, 7) is 0.875. The van der Waals surface area contributed by atoms with Crippen molar-refractivity contribution >= 4 is 38.5 Å². The van der Waals surface area contributed by atoms with Crippen molar-refractivity contribution in [2.24, 2.45) is 5.73 Å². The van der Waals surface area contributed by atoms with Crippen molar-refractivity contribution in [3.63, 3.8) is 0 Å². The number of anilines is 1. The van der Waals surface area contributed by atoms with Gasteiger partial charge >= 0.3 is 6.36 Å². The zero-order valence-corrected chi connectivity index (χ0v) is 14.9. The quantitative estimate of drug-likeness (QED) is 0.774. The Morgan fingerprint density at radius 3 is 2.81 bits per heavy atom. The average Bonchev–Trinajstić information content (AvgIpc) is 2.91. The van der Waals surface area contributed by atoms with Crippen LogP contribution in [-0.2, 0) is 9.59 Å². The Morgan fingerprint density at radius 1 is 1.41 bits per heavy atom. The number of fused-ring (bicyclic) bond motifs is 1. The van der Waals surface area contributed by atoms with E-state index >= 15 is 0 Å². The van der Waals surface area contributed by atoms with E-state index in [1.54, 1.807) is 4.90 Å². The maximum Gasteiger partial charge on any atom is 0.573 e. The summed E-state index contributed by atoms with van der Waals surface area (Å²) in [5.74, 6) is -0.727. The highest BCUT2D eigenvalue weighted by Crippen LogP contribution is 2.32. The second-order valence-corrected chi connectivity index (χ2v) is 7.05. The first kappa shape index (κ1) is 19.4. The molecule has 3 rings (SSSR count). The predicted molar refractivity (Wildman–Crippen MR) is 93.3 cm³/mol. The van der Waals surface area contributed by atoms with Crippen LogP contribution < -0.4 is 15.8 Å². The van der Waals surface area contributed by atoms with Crippen molar-refractivity contribution in [2.75, 3.05) is 18.4 Å². The minimum Gasteiger partial charge on any atom is -0.406 e. The molecule has 7 nitrogen and oxygen atoms in total. The lowest BCUT2D eigenvalue weighted by Gasteiger charge is -2.40. The lowest BCUT2D eigenvalue weighted by molar-refractivity contribution is -0.274. The van der Waals surface area contributed by atoms with Gasteiger partial charge in [-0.15, -0.1) is 13.2 Å². The highest BCUT2D eigenvalue weighted by Gasteiger charge is 2.33. The van der Waals surface area contributed by atoms with Crippen molar-refractivity contribution in [3.8, 4) is 5.75 Å². The number of hydrogen-bond acceptors (Lipinski definition) is 6. The maximum atomic E-state index is 12.3. The van der Waals surface area contributed by atoms with E-state index in [0.717, 1.165) is 23.8 Å². The van der Waals surface area contributed by atoms with Gasteiger partial charge in [-0.3, -0.25) is 9.59 Å². The smallest absolute Gasteiger partial charge is 0.406 e. The Kier molecular flexibility index (Phi) is 5.51. The predicted octanol–water partition coefficient (Wildman–Crippen LogP) is 2.47. The first-order valence-electron chi connectivity index (χ1n) is 8.21. The molecular weight excluding hydrogens is 385 g/mol. The number of likely N-dealkylation sites (tertiary alicyclic amines) is 1. The van der Waals surface area contributed by atoms with Crippen LogP contribution in [0.2, 0.25) is 0 Å². The molecule has 2 aromatic rings. The van der Waals surface area contributed by atoms with Gasteiger partial charge in [0.05, 0.1) is 10.2 Å². The molecule has 0 radical (unpaired) electrons. The van der Waals surface area contributed by atoms with Crippen molar-refractivity contribution in [1.29, 1.82) is 0 Å². The molecular formula is C16H17F3N4O3S. The molecule has 1 aliphatic rings. The van der Waals surface area contributed by atoms with Crippen LogP contribution in [0.5, 0.6) is 5.75 Å². The number of carbonyl (C=O) groups is 2. The summed E-state index contributed by atoms with van der Waals surface area (Å²) in [5, 5.41) is 2.91. The second kappa shape index (κ2) is 7.69. The number of thiazole rings is 1. The third-order valence-corrected chi connectivity index (χ3v) is 5.02. The number of nitrogens with two attached hydrogens (primary N) is 1. The van der Waals surface area contributed by atoms with Crippen molar-refractivity contribution in [2.45, 2.75) is 31.7 Å².